The number of rotatable bonds is 6. The molecule has 2 N–H and O–H groups in total. The van der Waals surface area contributed by atoms with E-state index in [4.69, 9.17) is 0 Å². The van der Waals surface area contributed by atoms with Gasteiger partial charge in [0.1, 0.15) is 5.54 Å². The molecule has 1 aromatic heterocycles. The monoisotopic (exact) mass is 512 g/mol. The number of hydrogen-bond donors (Lipinski definition) is 2. The maximum atomic E-state index is 13.0. The average Bonchev–Trinajstić information content (AvgIpc) is 3.50. The first kappa shape index (κ1) is 23.4. The first-order valence-electron chi connectivity index (χ1n) is 11.4. The number of hydrogen-bond acceptors (Lipinski definition) is 4. The molecule has 2 aromatic rings. The van der Waals surface area contributed by atoms with Crippen molar-refractivity contribution >= 4 is 33.7 Å². The summed E-state index contributed by atoms with van der Waals surface area (Å²) in [6, 6.07) is 9.34. The Kier molecular flexibility index (Phi) is 6.56. The second-order valence-electron chi connectivity index (χ2n) is 9.23. The van der Waals surface area contributed by atoms with Crippen molar-refractivity contribution in [2.75, 3.05) is 0 Å². The zero-order valence-corrected chi connectivity index (χ0v) is 20.7. The van der Waals surface area contributed by atoms with Crippen molar-refractivity contribution in [3.8, 4) is 0 Å². The van der Waals surface area contributed by atoms with Gasteiger partial charge in [-0.25, -0.2) is 0 Å². The van der Waals surface area contributed by atoms with E-state index in [0.717, 1.165) is 18.4 Å². The third-order valence-electron chi connectivity index (χ3n) is 6.70. The van der Waals surface area contributed by atoms with Crippen LogP contribution in [0, 0.1) is 0 Å². The van der Waals surface area contributed by atoms with Crippen molar-refractivity contribution in [3.05, 3.63) is 63.9 Å². The third kappa shape index (κ3) is 4.95. The Balaban J connectivity index is 1.37. The van der Waals surface area contributed by atoms with Crippen LogP contribution in [0.25, 0.3) is 0 Å². The lowest BCUT2D eigenvalue weighted by molar-refractivity contribution is -0.124. The van der Waals surface area contributed by atoms with Crippen molar-refractivity contribution in [2.24, 2.45) is 0 Å². The first-order valence-corrected chi connectivity index (χ1v) is 12.2. The molecule has 0 radical (unpaired) electrons. The summed E-state index contributed by atoms with van der Waals surface area (Å²) in [5.74, 6) is -0.471. The van der Waals surface area contributed by atoms with Crippen LogP contribution in [0.4, 0.5) is 0 Å². The van der Waals surface area contributed by atoms with Crippen LogP contribution in [0.15, 0.2) is 47.2 Å². The Morgan fingerprint density at radius 1 is 1.06 bits per heavy atom. The van der Waals surface area contributed by atoms with Gasteiger partial charge in [0, 0.05) is 34.5 Å². The molecular formula is C25H29BrN4O3. The third-order valence-corrected chi connectivity index (χ3v) is 7.13. The minimum Gasteiger partial charge on any atom is -0.348 e. The zero-order chi connectivity index (χ0) is 23.8. The van der Waals surface area contributed by atoms with Crippen LogP contribution in [0.3, 0.4) is 0 Å². The van der Waals surface area contributed by atoms with E-state index in [0.29, 0.717) is 28.4 Å². The van der Waals surface area contributed by atoms with Crippen LogP contribution < -0.4 is 10.6 Å². The molecular weight excluding hydrogens is 484 g/mol. The molecule has 4 rings (SSSR count). The number of likely N-dealkylation sites (tertiary alicyclic amines) is 1. The number of halogens is 1. The molecule has 7 nitrogen and oxygen atoms in total. The van der Waals surface area contributed by atoms with E-state index >= 15 is 0 Å². The number of benzene rings is 1. The van der Waals surface area contributed by atoms with Gasteiger partial charge < -0.3 is 15.5 Å². The highest BCUT2D eigenvalue weighted by atomic mass is 79.9. The van der Waals surface area contributed by atoms with E-state index in [1.54, 1.807) is 12.3 Å². The number of nitrogens with one attached hydrogen (secondary N) is 2. The normalized spacial score (nSPS) is 21.9. The number of carbonyl (C=O) groups is 3. The van der Waals surface area contributed by atoms with Gasteiger partial charge in [-0.2, -0.15) is 0 Å². The quantitative estimate of drug-likeness (QED) is 0.611. The number of aromatic nitrogens is 1. The van der Waals surface area contributed by atoms with Crippen LogP contribution in [0.2, 0.25) is 0 Å². The van der Waals surface area contributed by atoms with Gasteiger partial charge in [0.2, 0.25) is 5.91 Å². The Bertz CT molecular complexity index is 1060. The summed E-state index contributed by atoms with van der Waals surface area (Å²) in [5.41, 5.74) is 1.08. The van der Waals surface area contributed by atoms with Crippen LogP contribution >= 0.6 is 15.9 Å². The van der Waals surface area contributed by atoms with Crippen molar-refractivity contribution in [1.82, 2.24) is 20.5 Å². The standard InChI is InChI=1S/C25H29BrN4O3/c1-15-4-5-16(2)30(15)23(32)19-8-6-18(7-9-19)17(3)28-24(33)25(10-11-25)29-22(31)20-12-21(26)14-27-13-20/h6-9,12-17H,4-5,10-11H2,1-3H3,(H,28,33)(H,29,31)/t15?,16?,17-/m1/s1. The number of nitrogens with zero attached hydrogens (tertiary/aromatic N) is 2. The fourth-order valence-corrected chi connectivity index (χ4v) is 4.80. The van der Waals surface area contributed by atoms with E-state index in [2.05, 4.69) is 45.4 Å². The Morgan fingerprint density at radius 2 is 1.70 bits per heavy atom. The maximum Gasteiger partial charge on any atom is 0.254 e. The summed E-state index contributed by atoms with van der Waals surface area (Å²) in [6.07, 6.45) is 6.33. The van der Waals surface area contributed by atoms with Crippen LogP contribution in [-0.4, -0.2) is 45.2 Å². The topological polar surface area (TPSA) is 91.4 Å². The summed E-state index contributed by atoms with van der Waals surface area (Å²) in [5, 5.41) is 5.88. The lowest BCUT2D eigenvalue weighted by Gasteiger charge is -2.26. The first-order chi connectivity index (χ1) is 15.7. The molecule has 174 valence electrons. The Labute approximate surface area is 202 Å². The lowest BCUT2D eigenvalue weighted by atomic mass is 10.0. The van der Waals surface area contributed by atoms with Gasteiger partial charge in [0.05, 0.1) is 11.6 Å². The summed E-state index contributed by atoms with van der Waals surface area (Å²) in [7, 11) is 0. The number of carbonyl (C=O) groups excluding carboxylic acids is 3. The molecule has 1 aromatic carbocycles. The van der Waals surface area contributed by atoms with Gasteiger partial charge >= 0.3 is 0 Å². The summed E-state index contributed by atoms with van der Waals surface area (Å²) in [4.78, 5) is 44.4. The molecule has 2 unspecified atom stereocenters. The van der Waals surface area contributed by atoms with E-state index in [1.165, 1.54) is 6.20 Å². The molecule has 0 bridgehead atoms. The summed E-state index contributed by atoms with van der Waals surface area (Å²) < 4.78 is 0.702. The van der Waals surface area contributed by atoms with E-state index < -0.39 is 5.54 Å². The van der Waals surface area contributed by atoms with Gasteiger partial charge in [-0.3, -0.25) is 19.4 Å². The number of amides is 3. The predicted octanol–water partition coefficient (Wildman–Crippen LogP) is 4.00. The van der Waals surface area contributed by atoms with Crippen molar-refractivity contribution < 1.29 is 14.4 Å². The van der Waals surface area contributed by atoms with Gasteiger partial charge in [0.25, 0.3) is 11.8 Å². The van der Waals surface area contributed by atoms with Gasteiger partial charge in [-0.1, -0.05) is 12.1 Å². The van der Waals surface area contributed by atoms with Gasteiger partial charge in [0.15, 0.2) is 0 Å². The molecule has 1 aliphatic heterocycles. The molecule has 0 spiro atoms. The van der Waals surface area contributed by atoms with Crippen LogP contribution in [0.1, 0.15) is 78.8 Å². The Hall–Kier alpha value is -2.74. The smallest absolute Gasteiger partial charge is 0.254 e. The predicted molar refractivity (Wildman–Crippen MR) is 129 cm³/mol. The van der Waals surface area contributed by atoms with Crippen LogP contribution in [0.5, 0.6) is 0 Å². The fraction of sp³-hybridized carbons (Fsp3) is 0.440. The molecule has 1 saturated carbocycles. The highest BCUT2D eigenvalue weighted by Crippen LogP contribution is 2.36. The van der Waals surface area contributed by atoms with Crippen molar-refractivity contribution in [1.29, 1.82) is 0 Å². The maximum absolute atomic E-state index is 13.0. The van der Waals surface area contributed by atoms with Gasteiger partial charge in [-0.15, -0.1) is 0 Å². The van der Waals surface area contributed by atoms with Crippen molar-refractivity contribution in [2.45, 2.75) is 70.1 Å². The largest absolute Gasteiger partial charge is 0.348 e. The highest BCUT2D eigenvalue weighted by Gasteiger charge is 2.51. The second kappa shape index (κ2) is 9.25. The summed E-state index contributed by atoms with van der Waals surface area (Å²) in [6.45, 7) is 6.08. The zero-order valence-electron chi connectivity index (χ0n) is 19.1. The van der Waals surface area contributed by atoms with Crippen LogP contribution in [-0.2, 0) is 4.79 Å². The van der Waals surface area contributed by atoms with E-state index in [9.17, 15) is 14.4 Å². The molecule has 3 atom stereocenters. The minimum atomic E-state index is -0.883. The minimum absolute atomic E-state index is 0.0532. The summed E-state index contributed by atoms with van der Waals surface area (Å²) >= 11 is 3.31. The van der Waals surface area contributed by atoms with Gasteiger partial charge in [-0.05, 0) is 86.1 Å². The molecule has 33 heavy (non-hydrogen) atoms. The van der Waals surface area contributed by atoms with E-state index in [-0.39, 0.29) is 35.8 Å². The fourth-order valence-electron chi connectivity index (χ4n) is 4.44. The lowest BCUT2D eigenvalue weighted by Crippen LogP contribution is -2.49. The molecule has 2 fully saturated rings. The number of pyridine rings is 1. The second-order valence-corrected chi connectivity index (χ2v) is 10.1. The molecule has 2 heterocycles. The molecule has 3 amide bonds. The SMILES string of the molecule is CC1CCC(C)N1C(=O)c1ccc([C@@H](C)NC(=O)C2(NC(=O)c3cncc(Br)c3)CC2)cc1. The molecule has 1 aliphatic carbocycles. The Morgan fingerprint density at radius 3 is 2.27 bits per heavy atom. The molecule has 2 aliphatic rings. The molecule has 1 saturated heterocycles. The highest BCUT2D eigenvalue weighted by molar-refractivity contribution is 9.10. The van der Waals surface area contributed by atoms with E-state index in [1.807, 2.05) is 36.1 Å². The molecule has 8 heteroatoms. The van der Waals surface area contributed by atoms with Crippen molar-refractivity contribution in [3.63, 3.8) is 0 Å². The average molecular weight is 513 g/mol.